The van der Waals surface area contributed by atoms with Crippen molar-refractivity contribution < 1.29 is 0 Å². The maximum atomic E-state index is 9.17. The minimum atomic E-state index is 0.265. The van der Waals surface area contributed by atoms with Crippen LogP contribution in [0.25, 0.3) is 0 Å². The average Bonchev–Trinajstić information content (AvgIpc) is 2.30. The number of halogens is 1. The van der Waals surface area contributed by atoms with E-state index in [1.165, 1.54) is 0 Å². The summed E-state index contributed by atoms with van der Waals surface area (Å²) in [7, 11) is 0. The van der Waals surface area contributed by atoms with E-state index in [9.17, 15) is 0 Å². The van der Waals surface area contributed by atoms with Crippen LogP contribution in [0.5, 0.6) is 0 Å². The minimum absolute atomic E-state index is 0.265. The summed E-state index contributed by atoms with van der Waals surface area (Å²) < 4.78 is 0. The quantitative estimate of drug-likeness (QED) is 0.802. The Labute approximate surface area is 101 Å². The molecule has 0 spiro atoms. The maximum absolute atomic E-state index is 9.17. The van der Waals surface area contributed by atoms with Crippen LogP contribution in [0.15, 0.2) is 6.07 Å². The lowest BCUT2D eigenvalue weighted by molar-refractivity contribution is 1.03. The molecular weight excluding hydrogens is 220 g/mol. The van der Waals surface area contributed by atoms with Crippen LogP contribution in [0.3, 0.4) is 0 Å². The fourth-order valence-electron chi connectivity index (χ4n) is 1.88. The minimum Gasteiger partial charge on any atom is -0.198 e. The summed E-state index contributed by atoms with van der Waals surface area (Å²) in [6.45, 7) is 3.97. The van der Waals surface area contributed by atoms with Crippen LogP contribution in [0.4, 0.5) is 0 Å². The molecule has 16 heavy (non-hydrogen) atoms. The van der Waals surface area contributed by atoms with Crippen LogP contribution in [0.2, 0.25) is 5.02 Å². The first kappa shape index (κ1) is 12.6. The van der Waals surface area contributed by atoms with Crippen molar-refractivity contribution in [3.8, 4) is 12.1 Å². The molecule has 0 radical (unpaired) electrons. The highest BCUT2D eigenvalue weighted by Crippen LogP contribution is 2.28. The lowest BCUT2D eigenvalue weighted by Crippen LogP contribution is -2.01. The van der Waals surface area contributed by atoms with E-state index in [-0.39, 0.29) is 6.42 Å². The Bertz CT molecular complexity index is 478. The lowest BCUT2D eigenvalue weighted by atomic mass is 9.92. The van der Waals surface area contributed by atoms with Gasteiger partial charge in [0, 0.05) is 5.02 Å². The topological polar surface area (TPSA) is 47.6 Å². The molecule has 0 aliphatic heterocycles. The molecule has 0 bridgehead atoms. The smallest absolute Gasteiger partial charge is 0.0997 e. The van der Waals surface area contributed by atoms with Crippen molar-refractivity contribution in [1.82, 2.24) is 0 Å². The van der Waals surface area contributed by atoms with Gasteiger partial charge >= 0.3 is 0 Å². The fraction of sp³-hybridized carbons (Fsp3) is 0.385. The van der Waals surface area contributed by atoms with Gasteiger partial charge in [0.25, 0.3) is 0 Å². The third-order valence-electron chi connectivity index (χ3n) is 2.68. The second-order valence-corrected chi connectivity index (χ2v) is 3.91. The third kappa shape index (κ3) is 2.18. The molecular formula is C13H13ClN2. The zero-order valence-electron chi connectivity index (χ0n) is 9.47. The van der Waals surface area contributed by atoms with Crippen molar-refractivity contribution in [2.24, 2.45) is 0 Å². The molecule has 1 aromatic rings. The van der Waals surface area contributed by atoms with E-state index in [4.69, 9.17) is 22.1 Å². The first-order valence-corrected chi connectivity index (χ1v) is 5.67. The van der Waals surface area contributed by atoms with E-state index in [1.807, 2.05) is 19.9 Å². The fourth-order valence-corrected chi connectivity index (χ4v) is 2.19. The van der Waals surface area contributed by atoms with Gasteiger partial charge in [0.1, 0.15) is 0 Å². The molecule has 1 aromatic carbocycles. The van der Waals surface area contributed by atoms with E-state index < -0.39 is 0 Å². The van der Waals surface area contributed by atoms with Crippen molar-refractivity contribution in [2.45, 2.75) is 33.1 Å². The summed E-state index contributed by atoms with van der Waals surface area (Å²) in [5, 5.41) is 18.5. The highest BCUT2D eigenvalue weighted by Gasteiger charge is 2.14. The molecule has 0 amide bonds. The number of nitrogens with zero attached hydrogens (tertiary/aromatic N) is 2. The van der Waals surface area contributed by atoms with Crippen LogP contribution in [-0.2, 0) is 19.3 Å². The number of hydrogen-bond acceptors (Lipinski definition) is 2. The molecule has 0 aliphatic carbocycles. The number of aryl methyl sites for hydroxylation is 1. The highest BCUT2D eigenvalue weighted by molar-refractivity contribution is 6.31. The van der Waals surface area contributed by atoms with Gasteiger partial charge in [0.15, 0.2) is 0 Å². The Morgan fingerprint density at radius 1 is 1.19 bits per heavy atom. The Morgan fingerprint density at radius 2 is 1.88 bits per heavy atom. The molecule has 0 heterocycles. The molecule has 0 fully saturated rings. The summed E-state index contributed by atoms with van der Waals surface area (Å²) in [6, 6.07) is 6.13. The molecule has 0 saturated heterocycles. The predicted octanol–water partition coefficient (Wildman–Crippen LogP) is 3.40. The van der Waals surface area contributed by atoms with Crippen LogP contribution < -0.4 is 0 Å². The number of nitriles is 2. The van der Waals surface area contributed by atoms with Gasteiger partial charge in [-0.25, -0.2) is 0 Å². The van der Waals surface area contributed by atoms with E-state index >= 15 is 0 Å². The molecule has 0 N–H and O–H groups in total. The van der Waals surface area contributed by atoms with Gasteiger partial charge in [0.2, 0.25) is 0 Å². The van der Waals surface area contributed by atoms with Gasteiger partial charge in [-0.15, -0.1) is 0 Å². The van der Waals surface area contributed by atoms with Crippen molar-refractivity contribution in [1.29, 1.82) is 10.5 Å². The number of hydrogen-bond donors (Lipinski definition) is 0. The Hall–Kier alpha value is -1.51. The van der Waals surface area contributed by atoms with Gasteiger partial charge < -0.3 is 0 Å². The zero-order valence-corrected chi connectivity index (χ0v) is 10.2. The molecule has 0 aliphatic rings. The van der Waals surface area contributed by atoms with Gasteiger partial charge in [-0.3, -0.25) is 0 Å². The normalized spacial score (nSPS) is 9.56. The van der Waals surface area contributed by atoms with Crippen LogP contribution in [0.1, 0.15) is 36.1 Å². The SMILES string of the molecule is CCc1cc(Cl)c(CC#N)c(CC)c1C#N. The summed E-state index contributed by atoms with van der Waals surface area (Å²) in [4.78, 5) is 0. The van der Waals surface area contributed by atoms with Crippen LogP contribution >= 0.6 is 11.6 Å². The van der Waals surface area contributed by atoms with Crippen molar-refractivity contribution >= 4 is 11.6 Å². The summed E-state index contributed by atoms with van der Waals surface area (Å²) in [6.07, 6.45) is 1.77. The molecule has 0 saturated carbocycles. The second-order valence-electron chi connectivity index (χ2n) is 3.50. The lowest BCUT2D eigenvalue weighted by Gasteiger charge is -2.13. The molecule has 1 rings (SSSR count). The first-order valence-electron chi connectivity index (χ1n) is 5.29. The van der Waals surface area contributed by atoms with E-state index in [1.54, 1.807) is 0 Å². The van der Waals surface area contributed by atoms with Crippen LogP contribution in [0, 0.1) is 22.7 Å². The molecule has 82 valence electrons. The van der Waals surface area contributed by atoms with Crippen LogP contribution in [-0.4, -0.2) is 0 Å². The van der Waals surface area contributed by atoms with Crippen molar-refractivity contribution in [3.63, 3.8) is 0 Å². The molecule has 0 atom stereocenters. The van der Waals surface area contributed by atoms with Gasteiger partial charge in [-0.05, 0) is 35.6 Å². The molecule has 3 heteroatoms. The highest BCUT2D eigenvalue weighted by atomic mass is 35.5. The monoisotopic (exact) mass is 232 g/mol. The van der Waals surface area contributed by atoms with Gasteiger partial charge in [-0.2, -0.15) is 10.5 Å². The average molecular weight is 233 g/mol. The van der Waals surface area contributed by atoms with Crippen molar-refractivity contribution in [3.05, 3.63) is 33.3 Å². The number of benzene rings is 1. The van der Waals surface area contributed by atoms with Crippen molar-refractivity contribution in [2.75, 3.05) is 0 Å². The third-order valence-corrected chi connectivity index (χ3v) is 3.02. The summed E-state index contributed by atoms with van der Waals surface area (Å²) >= 11 is 6.14. The van der Waals surface area contributed by atoms with Gasteiger partial charge in [0.05, 0.1) is 24.1 Å². The van der Waals surface area contributed by atoms with E-state index in [0.717, 1.165) is 29.5 Å². The maximum Gasteiger partial charge on any atom is 0.0997 e. The van der Waals surface area contributed by atoms with E-state index in [0.29, 0.717) is 10.6 Å². The van der Waals surface area contributed by atoms with E-state index in [2.05, 4.69) is 12.1 Å². The number of rotatable bonds is 3. The summed E-state index contributed by atoms with van der Waals surface area (Å²) in [5.41, 5.74) is 3.39. The molecule has 0 aromatic heterocycles. The first-order chi connectivity index (χ1) is 7.69. The Balaban J connectivity index is 3.54. The predicted molar refractivity (Wildman–Crippen MR) is 64.2 cm³/mol. The largest absolute Gasteiger partial charge is 0.198 e. The molecule has 2 nitrogen and oxygen atoms in total. The Kier molecular flexibility index (Phi) is 4.35. The Morgan fingerprint density at radius 3 is 2.31 bits per heavy atom. The molecule has 0 unspecified atom stereocenters. The zero-order chi connectivity index (χ0) is 12.1. The summed E-state index contributed by atoms with van der Waals surface area (Å²) in [5.74, 6) is 0. The standard InChI is InChI=1S/C13H13ClN2/c1-3-9-7-13(14)11(5-6-15)10(4-2)12(9)8-16/h7H,3-5H2,1-2H3. The second kappa shape index (κ2) is 5.54. The van der Waals surface area contributed by atoms with Gasteiger partial charge in [-0.1, -0.05) is 25.4 Å².